The Hall–Kier alpha value is -2.98. The zero-order valence-corrected chi connectivity index (χ0v) is 19.3. The molecule has 2 N–H and O–H groups in total. The third-order valence-corrected chi connectivity index (χ3v) is 8.07. The number of benzene rings is 2. The van der Waals surface area contributed by atoms with E-state index in [1.807, 2.05) is 18.2 Å². The van der Waals surface area contributed by atoms with Crippen LogP contribution in [0.25, 0.3) is 0 Å². The largest absolute Gasteiger partial charge is 0.375 e. The summed E-state index contributed by atoms with van der Waals surface area (Å²) in [5.74, 6) is 0.575. The van der Waals surface area contributed by atoms with Gasteiger partial charge in [-0.2, -0.15) is 4.31 Å². The SMILES string of the molecule is CC1CCN(S(=O)(=O)c2ccc(NCc3cccc(NC(=O)C4CC4)c3)c([N+](=O)[O-])c2)CC1. The summed E-state index contributed by atoms with van der Waals surface area (Å²) >= 11 is 0. The van der Waals surface area contributed by atoms with E-state index in [4.69, 9.17) is 0 Å². The first-order valence-corrected chi connectivity index (χ1v) is 12.6. The predicted octanol–water partition coefficient (Wildman–Crippen LogP) is 3.98. The van der Waals surface area contributed by atoms with Crippen molar-refractivity contribution < 1.29 is 18.1 Å². The van der Waals surface area contributed by atoms with E-state index < -0.39 is 14.9 Å². The van der Waals surface area contributed by atoms with E-state index in [1.54, 1.807) is 6.07 Å². The van der Waals surface area contributed by atoms with Crippen molar-refractivity contribution in [1.29, 1.82) is 0 Å². The van der Waals surface area contributed by atoms with E-state index >= 15 is 0 Å². The van der Waals surface area contributed by atoms with Gasteiger partial charge in [-0.3, -0.25) is 14.9 Å². The lowest BCUT2D eigenvalue weighted by Crippen LogP contribution is -2.37. The summed E-state index contributed by atoms with van der Waals surface area (Å²) in [5, 5.41) is 17.6. The molecular formula is C23H28N4O5S. The van der Waals surface area contributed by atoms with E-state index in [9.17, 15) is 23.3 Å². The van der Waals surface area contributed by atoms with Crippen LogP contribution in [-0.4, -0.2) is 36.6 Å². The Morgan fingerprint density at radius 3 is 2.52 bits per heavy atom. The third kappa shape index (κ3) is 5.51. The summed E-state index contributed by atoms with van der Waals surface area (Å²) in [6, 6.07) is 11.3. The fraction of sp³-hybridized carbons (Fsp3) is 0.435. The van der Waals surface area contributed by atoms with Gasteiger partial charge in [-0.1, -0.05) is 19.1 Å². The zero-order valence-electron chi connectivity index (χ0n) is 18.5. The zero-order chi connectivity index (χ0) is 23.6. The summed E-state index contributed by atoms with van der Waals surface area (Å²) in [6.07, 6.45) is 3.39. The molecule has 0 spiro atoms. The molecule has 4 rings (SSSR count). The smallest absolute Gasteiger partial charge is 0.293 e. The van der Waals surface area contributed by atoms with Crippen molar-refractivity contribution in [2.24, 2.45) is 11.8 Å². The maximum Gasteiger partial charge on any atom is 0.293 e. The molecule has 0 bridgehead atoms. The molecule has 2 aromatic rings. The number of hydrogen-bond acceptors (Lipinski definition) is 6. The Morgan fingerprint density at radius 1 is 1.12 bits per heavy atom. The predicted molar refractivity (Wildman–Crippen MR) is 125 cm³/mol. The normalized spacial score (nSPS) is 17.5. The van der Waals surface area contributed by atoms with Gasteiger partial charge >= 0.3 is 0 Å². The van der Waals surface area contributed by atoms with Crippen LogP contribution >= 0.6 is 0 Å². The highest BCUT2D eigenvalue weighted by molar-refractivity contribution is 7.89. The highest BCUT2D eigenvalue weighted by Crippen LogP contribution is 2.32. The molecule has 10 heteroatoms. The number of nitrogens with zero attached hydrogens (tertiary/aromatic N) is 2. The van der Waals surface area contributed by atoms with Gasteiger partial charge in [0, 0.05) is 37.3 Å². The highest BCUT2D eigenvalue weighted by Gasteiger charge is 2.31. The number of carbonyl (C=O) groups excluding carboxylic acids is 1. The summed E-state index contributed by atoms with van der Waals surface area (Å²) in [5.41, 5.74) is 1.45. The highest BCUT2D eigenvalue weighted by atomic mass is 32.2. The lowest BCUT2D eigenvalue weighted by atomic mass is 10.0. The van der Waals surface area contributed by atoms with Crippen LogP contribution in [0.5, 0.6) is 0 Å². The van der Waals surface area contributed by atoms with E-state index in [2.05, 4.69) is 17.6 Å². The van der Waals surface area contributed by atoms with E-state index in [0.717, 1.165) is 37.3 Å². The second-order valence-corrected chi connectivity index (χ2v) is 10.8. The average Bonchev–Trinajstić information content (AvgIpc) is 3.64. The number of nitro benzene ring substituents is 1. The molecule has 176 valence electrons. The molecule has 0 radical (unpaired) electrons. The summed E-state index contributed by atoms with van der Waals surface area (Å²) < 4.78 is 27.4. The van der Waals surface area contributed by atoms with Crippen molar-refractivity contribution >= 4 is 33.0 Å². The molecule has 1 aliphatic carbocycles. The van der Waals surface area contributed by atoms with Crippen molar-refractivity contribution in [2.75, 3.05) is 23.7 Å². The Balaban J connectivity index is 1.48. The Kier molecular flexibility index (Phi) is 6.66. The van der Waals surface area contributed by atoms with Gasteiger partial charge < -0.3 is 10.6 Å². The minimum absolute atomic E-state index is 0.00991. The molecule has 2 aromatic carbocycles. The topological polar surface area (TPSA) is 122 Å². The summed E-state index contributed by atoms with van der Waals surface area (Å²) in [7, 11) is -3.78. The van der Waals surface area contributed by atoms with Crippen molar-refractivity contribution in [1.82, 2.24) is 4.31 Å². The molecule has 2 aliphatic rings. The lowest BCUT2D eigenvalue weighted by molar-refractivity contribution is -0.384. The van der Waals surface area contributed by atoms with E-state index in [1.165, 1.54) is 16.4 Å². The molecule has 1 saturated carbocycles. The van der Waals surface area contributed by atoms with Gasteiger partial charge in [0.05, 0.1) is 9.82 Å². The lowest BCUT2D eigenvalue weighted by Gasteiger charge is -2.29. The van der Waals surface area contributed by atoms with Gasteiger partial charge in [-0.25, -0.2) is 8.42 Å². The molecule has 1 heterocycles. The van der Waals surface area contributed by atoms with Crippen molar-refractivity contribution in [2.45, 2.75) is 44.0 Å². The second kappa shape index (κ2) is 9.48. The van der Waals surface area contributed by atoms with Gasteiger partial charge in [0.1, 0.15) is 5.69 Å². The second-order valence-electron chi connectivity index (χ2n) is 8.84. The standard InChI is InChI=1S/C23H28N4O5S/c1-16-9-11-26(12-10-16)33(31,32)20-7-8-21(22(14-20)27(29)30)24-15-17-3-2-4-19(13-17)25-23(28)18-5-6-18/h2-4,7-8,13-14,16,18,24H,5-6,9-12,15H2,1H3,(H,25,28). The van der Waals surface area contributed by atoms with Crippen LogP contribution in [0, 0.1) is 22.0 Å². The first-order chi connectivity index (χ1) is 15.7. The Morgan fingerprint density at radius 2 is 1.85 bits per heavy atom. The van der Waals surface area contributed by atoms with Crippen molar-refractivity contribution in [3.63, 3.8) is 0 Å². The Labute approximate surface area is 193 Å². The van der Waals surface area contributed by atoms with Gasteiger partial charge in [0.25, 0.3) is 5.69 Å². The minimum atomic E-state index is -3.78. The quantitative estimate of drug-likeness (QED) is 0.443. The minimum Gasteiger partial charge on any atom is -0.375 e. The van der Waals surface area contributed by atoms with Crippen LogP contribution in [0.4, 0.5) is 17.1 Å². The number of amides is 1. The molecule has 2 fully saturated rings. The molecule has 0 atom stereocenters. The number of hydrogen-bond donors (Lipinski definition) is 2. The average molecular weight is 473 g/mol. The summed E-state index contributed by atoms with van der Waals surface area (Å²) in [4.78, 5) is 23.0. The first-order valence-electron chi connectivity index (χ1n) is 11.2. The maximum atomic E-state index is 13.0. The van der Waals surface area contributed by atoms with Crippen LogP contribution in [0.1, 0.15) is 38.2 Å². The number of piperidine rings is 1. The van der Waals surface area contributed by atoms with Gasteiger partial charge in [0.15, 0.2) is 0 Å². The summed E-state index contributed by atoms with van der Waals surface area (Å²) in [6.45, 7) is 3.21. The van der Waals surface area contributed by atoms with Gasteiger partial charge in [0.2, 0.25) is 15.9 Å². The van der Waals surface area contributed by atoms with Crippen LogP contribution in [-0.2, 0) is 21.4 Å². The number of rotatable bonds is 8. The molecular weight excluding hydrogens is 444 g/mol. The fourth-order valence-electron chi connectivity index (χ4n) is 3.89. The molecule has 0 aromatic heterocycles. The van der Waals surface area contributed by atoms with Crippen LogP contribution < -0.4 is 10.6 Å². The number of nitro groups is 1. The molecule has 0 unspecified atom stereocenters. The Bertz CT molecular complexity index is 1160. The van der Waals surface area contributed by atoms with Gasteiger partial charge in [-0.05, 0) is 61.4 Å². The molecule has 1 saturated heterocycles. The van der Waals surface area contributed by atoms with Gasteiger partial charge in [-0.15, -0.1) is 0 Å². The van der Waals surface area contributed by atoms with E-state index in [-0.39, 0.29) is 34.6 Å². The number of carbonyl (C=O) groups is 1. The molecule has 33 heavy (non-hydrogen) atoms. The number of sulfonamides is 1. The van der Waals surface area contributed by atoms with Crippen molar-refractivity contribution in [3.8, 4) is 0 Å². The molecule has 9 nitrogen and oxygen atoms in total. The third-order valence-electron chi connectivity index (χ3n) is 6.17. The first kappa shape index (κ1) is 23.2. The van der Waals surface area contributed by atoms with Crippen molar-refractivity contribution in [3.05, 3.63) is 58.1 Å². The van der Waals surface area contributed by atoms with Crippen LogP contribution in [0.3, 0.4) is 0 Å². The molecule has 1 aliphatic heterocycles. The fourth-order valence-corrected chi connectivity index (χ4v) is 5.38. The monoisotopic (exact) mass is 472 g/mol. The van der Waals surface area contributed by atoms with E-state index in [0.29, 0.717) is 24.7 Å². The van der Waals surface area contributed by atoms with Crippen LogP contribution in [0.2, 0.25) is 0 Å². The molecule has 1 amide bonds. The van der Waals surface area contributed by atoms with Crippen LogP contribution in [0.15, 0.2) is 47.4 Å². The maximum absolute atomic E-state index is 13.0. The number of nitrogens with one attached hydrogen (secondary N) is 2. The number of anilines is 2.